The maximum atomic E-state index is 12.8. The van der Waals surface area contributed by atoms with E-state index >= 15 is 0 Å². The van der Waals surface area contributed by atoms with Gasteiger partial charge < -0.3 is 0 Å². The molecular weight excluding hydrogens is 343 g/mol. The summed E-state index contributed by atoms with van der Waals surface area (Å²) in [6, 6.07) is 13.3. The van der Waals surface area contributed by atoms with Gasteiger partial charge in [-0.25, -0.2) is 0 Å². The Morgan fingerprint density at radius 2 is 1.71 bits per heavy atom. The molecule has 2 rings (SSSR count). The third-order valence-corrected chi connectivity index (χ3v) is 3.48. The first kappa shape index (κ1) is 15.3. The second kappa shape index (κ2) is 6.15. The molecule has 0 bridgehead atoms. The SMILES string of the molecule is N#Cc1cc(C(F)(F)F)c(Br)cc1/C=C/c1ccccc1. The van der Waals surface area contributed by atoms with Gasteiger partial charge in [-0.1, -0.05) is 58.4 Å². The van der Waals surface area contributed by atoms with Crippen molar-refractivity contribution in [3.8, 4) is 6.07 Å². The Balaban J connectivity index is 2.44. The quantitative estimate of drug-likeness (QED) is 0.654. The molecule has 5 heteroatoms. The molecule has 0 saturated heterocycles. The average Bonchev–Trinajstić information content (AvgIpc) is 2.45. The molecule has 106 valence electrons. The molecular formula is C16H9BrF3N. The van der Waals surface area contributed by atoms with Gasteiger partial charge in [-0.05, 0) is 23.3 Å². The zero-order valence-corrected chi connectivity index (χ0v) is 12.2. The Bertz CT molecular complexity index is 713. The van der Waals surface area contributed by atoms with E-state index in [4.69, 9.17) is 5.26 Å². The van der Waals surface area contributed by atoms with E-state index in [1.165, 1.54) is 6.07 Å². The largest absolute Gasteiger partial charge is 0.417 e. The van der Waals surface area contributed by atoms with Crippen LogP contribution in [0.15, 0.2) is 46.9 Å². The minimum Gasteiger partial charge on any atom is -0.192 e. The van der Waals surface area contributed by atoms with Crippen LogP contribution in [-0.2, 0) is 6.18 Å². The third-order valence-electron chi connectivity index (χ3n) is 2.82. The summed E-state index contributed by atoms with van der Waals surface area (Å²) < 4.78 is 38.3. The minimum atomic E-state index is -4.49. The first-order valence-corrected chi connectivity index (χ1v) is 6.75. The van der Waals surface area contributed by atoms with Crippen molar-refractivity contribution in [2.45, 2.75) is 6.18 Å². The van der Waals surface area contributed by atoms with Crippen LogP contribution in [0.25, 0.3) is 12.2 Å². The number of hydrogen-bond donors (Lipinski definition) is 0. The lowest BCUT2D eigenvalue weighted by molar-refractivity contribution is -0.138. The van der Waals surface area contributed by atoms with Gasteiger partial charge in [0.2, 0.25) is 0 Å². The van der Waals surface area contributed by atoms with Gasteiger partial charge in [-0.15, -0.1) is 0 Å². The van der Waals surface area contributed by atoms with Crippen LogP contribution in [0.4, 0.5) is 13.2 Å². The summed E-state index contributed by atoms with van der Waals surface area (Å²) in [6.45, 7) is 0. The molecule has 2 aromatic carbocycles. The normalized spacial score (nSPS) is 11.6. The van der Waals surface area contributed by atoms with E-state index in [9.17, 15) is 13.2 Å². The maximum Gasteiger partial charge on any atom is 0.417 e. The van der Waals surface area contributed by atoms with Crippen LogP contribution in [0.1, 0.15) is 22.3 Å². The molecule has 0 atom stereocenters. The molecule has 0 fully saturated rings. The number of benzene rings is 2. The Morgan fingerprint density at radius 1 is 1.05 bits per heavy atom. The fraction of sp³-hybridized carbons (Fsp3) is 0.0625. The van der Waals surface area contributed by atoms with Crippen LogP contribution in [0.5, 0.6) is 0 Å². The van der Waals surface area contributed by atoms with Crippen LogP contribution in [0.2, 0.25) is 0 Å². The first-order chi connectivity index (χ1) is 9.91. The van der Waals surface area contributed by atoms with Crippen LogP contribution >= 0.6 is 15.9 Å². The van der Waals surface area contributed by atoms with Crippen LogP contribution < -0.4 is 0 Å². The van der Waals surface area contributed by atoms with E-state index in [0.717, 1.165) is 11.6 Å². The molecule has 0 aromatic heterocycles. The van der Waals surface area contributed by atoms with Crippen LogP contribution in [0, 0.1) is 11.3 Å². The number of nitrogens with zero attached hydrogens (tertiary/aromatic N) is 1. The zero-order valence-electron chi connectivity index (χ0n) is 10.7. The Labute approximate surface area is 128 Å². The molecule has 21 heavy (non-hydrogen) atoms. The second-order valence-corrected chi connectivity index (χ2v) is 5.13. The van der Waals surface area contributed by atoms with Gasteiger partial charge in [-0.2, -0.15) is 18.4 Å². The highest BCUT2D eigenvalue weighted by atomic mass is 79.9. The molecule has 0 radical (unpaired) electrons. The summed E-state index contributed by atoms with van der Waals surface area (Å²) in [7, 11) is 0. The smallest absolute Gasteiger partial charge is 0.192 e. The fourth-order valence-corrected chi connectivity index (χ4v) is 2.38. The standard InChI is InChI=1S/C16H9BrF3N/c17-15-9-12(7-6-11-4-2-1-3-5-11)13(10-21)8-14(15)16(18,19)20/h1-9H/b7-6+. The molecule has 0 heterocycles. The molecule has 0 aliphatic rings. The minimum absolute atomic E-state index is 0.0160. The van der Waals surface area contributed by atoms with Gasteiger partial charge >= 0.3 is 6.18 Å². The summed E-state index contributed by atoms with van der Waals surface area (Å²) in [6.07, 6.45) is -1.12. The van der Waals surface area contributed by atoms with Crippen molar-refractivity contribution in [2.24, 2.45) is 0 Å². The number of alkyl halides is 3. The molecule has 0 N–H and O–H groups in total. The highest BCUT2D eigenvalue weighted by molar-refractivity contribution is 9.10. The van der Waals surface area contributed by atoms with E-state index in [2.05, 4.69) is 15.9 Å². The van der Waals surface area contributed by atoms with Gasteiger partial charge in [0.15, 0.2) is 0 Å². The van der Waals surface area contributed by atoms with Crippen molar-refractivity contribution in [1.82, 2.24) is 0 Å². The highest BCUT2D eigenvalue weighted by Crippen LogP contribution is 2.36. The van der Waals surface area contributed by atoms with E-state index in [1.807, 2.05) is 30.3 Å². The zero-order chi connectivity index (χ0) is 15.5. The van der Waals surface area contributed by atoms with Crippen LogP contribution in [0.3, 0.4) is 0 Å². The van der Waals surface area contributed by atoms with E-state index in [-0.39, 0.29) is 10.0 Å². The highest BCUT2D eigenvalue weighted by Gasteiger charge is 2.33. The Hall–Kier alpha value is -2.06. The lowest BCUT2D eigenvalue weighted by Crippen LogP contribution is -2.07. The predicted octanol–water partition coefficient (Wildman–Crippen LogP) is 5.51. The van der Waals surface area contributed by atoms with Crippen molar-refractivity contribution in [3.63, 3.8) is 0 Å². The van der Waals surface area contributed by atoms with Crippen molar-refractivity contribution < 1.29 is 13.2 Å². The van der Waals surface area contributed by atoms with Crippen molar-refractivity contribution in [1.29, 1.82) is 5.26 Å². The molecule has 2 aromatic rings. The summed E-state index contributed by atoms with van der Waals surface area (Å²) in [4.78, 5) is 0. The van der Waals surface area contributed by atoms with E-state index in [1.54, 1.807) is 18.2 Å². The lowest BCUT2D eigenvalue weighted by Gasteiger charge is -2.10. The fourth-order valence-electron chi connectivity index (χ4n) is 1.79. The topological polar surface area (TPSA) is 23.8 Å². The molecule has 0 amide bonds. The second-order valence-electron chi connectivity index (χ2n) is 4.27. The van der Waals surface area contributed by atoms with E-state index < -0.39 is 11.7 Å². The Kier molecular flexibility index (Phi) is 4.49. The Morgan fingerprint density at radius 3 is 2.29 bits per heavy atom. The number of nitriles is 1. The van der Waals surface area contributed by atoms with Gasteiger partial charge in [-0.3, -0.25) is 0 Å². The average molecular weight is 352 g/mol. The first-order valence-electron chi connectivity index (χ1n) is 5.96. The molecule has 0 unspecified atom stereocenters. The molecule has 0 saturated carbocycles. The summed E-state index contributed by atoms with van der Waals surface area (Å²) in [5, 5.41) is 9.03. The summed E-state index contributed by atoms with van der Waals surface area (Å²) in [5.41, 5.74) is 0.465. The molecule has 0 spiro atoms. The monoisotopic (exact) mass is 351 g/mol. The lowest BCUT2D eigenvalue weighted by atomic mass is 10.0. The third kappa shape index (κ3) is 3.73. The summed E-state index contributed by atoms with van der Waals surface area (Å²) >= 11 is 2.91. The van der Waals surface area contributed by atoms with Gasteiger partial charge in [0.05, 0.1) is 17.2 Å². The molecule has 1 nitrogen and oxygen atoms in total. The van der Waals surface area contributed by atoms with E-state index in [0.29, 0.717) is 5.56 Å². The van der Waals surface area contributed by atoms with Gasteiger partial charge in [0, 0.05) is 4.47 Å². The number of hydrogen-bond acceptors (Lipinski definition) is 1. The molecule has 0 aliphatic carbocycles. The molecule has 0 aliphatic heterocycles. The number of rotatable bonds is 2. The van der Waals surface area contributed by atoms with Gasteiger partial charge in [0.1, 0.15) is 0 Å². The summed E-state index contributed by atoms with van der Waals surface area (Å²) in [5.74, 6) is 0. The maximum absolute atomic E-state index is 12.8. The van der Waals surface area contributed by atoms with Crippen molar-refractivity contribution >= 4 is 28.1 Å². The van der Waals surface area contributed by atoms with Crippen molar-refractivity contribution in [3.05, 3.63) is 69.2 Å². The number of halogens is 4. The van der Waals surface area contributed by atoms with Crippen LogP contribution in [-0.4, -0.2) is 0 Å². The van der Waals surface area contributed by atoms with Gasteiger partial charge in [0.25, 0.3) is 0 Å². The van der Waals surface area contributed by atoms with Crippen molar-refractivity contribution in [2.75, 3.05) is 0 Å². The predicted molar refractivity (Wildman–Crippen MR) is 79.2 cm³/mol.